The number of benzene rings is 1. The monoisotopic (exact) mass is 292 g/mol. The van der Waals surface area contributed by atoms with Gasteiger partial charge in [0.25, 0.3) is 0 Å². The number of hydrogen-bond donors (Lipinski definition) is 3. The van der Waals surface area contributed by atoms with Crippen LogP contribution in [0.3, 0.4) is 0 Å². The van der Waals surface area contributed by atoms with E-state index in [0.29, 0.717) is 11.5 Å². The van der Waals surface area contributed by atoms with Gasteiger partial charge in [0.15, 0.2) is 11.6 Å². The fraction of sp³-hybridized carbons (Fsp3) is 0.267. The third-order valence-corrected chi connectivity index (χ3v) is 3.13. The number of rotatable bonds is 4. The second-order valence-electron chi connectivity index (χ2n) is 5.01. The van der Waals surface area contributed by atoms with Gasteiger partial charge in [-0.15, -0.1) is 0 Å². The maximum Gasteiger partial charge on any atom is 0.151 e. The molecule has 0 fully saturated rings. The molecule has 112 valence electrons. The van der Waals surface area contributed by atoms with Gasteiger partial charge < -0.3 is 16.4 Å². The highest BCUT2D eigenvalue weighted by atomic mass is 19.1. The van der Waals surface area contributed by atoms with Crippen LogP contribution in [0.25, 0.3) is 0 Å². The first-order chi connectivity index (χ1) is 9.93. The summed E-state index contributed by atoms with van der Waals surface area (Å²) in [7, 11) is 1.75. The van der Waals surface area contributed by atoms with Crippen LogP contribution in [0.5, 0.6) is 0 Å². The van der Waals surface area contributed by atoms with E-state index in [2.05, 4.69) is 15.6 Å². The minimum atomic E-state index is -0.731. The predicted octanol–water partition coefficient (Wildman–Crippen LogP) is 3.85. The van der Waals surface area contributed by atoms with Gasteiger partial charge in [-0.1, -0.05) is 13.8 Å². The lowest BCUT2D eigenvalue weighted by atomic mass is 10.0. The summed E-state index contributed by atoms with van der Waals surface area (Å²) in [5.74, 6) is -0.662. The van der Waals surface area contributed by atoms with Crippen molar-refractivity contribution in [3.63, 3.8) is 0 Å². The molecule has 0 saturated carbocycles. The molecule has 6 heteroatoms. The number of pyridine rings is 1. The molecule has 0 unspecified atom stereocenters. The zero-order valence-corrected chi connectivity index (χ0v) is 12.2. The molecule has 2 aromatic rings. The first-order valence-corrected chi connectivity index (χ1v) is 6.62. The Balaban J connectivity index is 2.50. The number of nitrogens with zero attached hydrogens (tertiary/aromatic N) is 1. The van der Waals surface area contributed by atoms with Gasteiger partial charge in [-0.25, -0.2) is 13.8 Å². The van der Waals surface area contributed by atoms with Gasteiger partial charge in [0.05, 0.1) is 0 Å². The molecular formula is C15H18F2N4. The molecule has 4 nitrogen and oxygen atoms in total. The summed E-state index contributed by atoms with van der Waals surface area (Å²) in [6.07, 6.45) is 1.58. The van der Waals surface area contributed by atoms with Crippen molar-refractivity contribution in [2.75, 3.05) is 23.4 Å². The van der Waals surface area contributed by atoms with Gasteiger partial charge in [-0.2, -0.15) is 0 Å². The molecule has 1 aromatic carbocycles. The van der Waals surface area contributed by atoms with Crippen LogP contribution in [0.1, 0.15) is 25.3 Å². The van der Waals surface area contributed by atoms with Crippen molar-refractivity contribution in [3.8, 4) is 0 Å². The number of nitrogens with two attached hydrogens (primary N) is 1. The van der Waals surface area contributed by atoms with Gasteiger partial charge in [-0.3, -0.25) is 0 Å². The molecule has 0 atom stereocenters. The molecule has 0 amide bonds. The van der Waals surface area contributed by atoms with E-state index in [1.54, 1.807) is 19.3 Å². The van der Waals surface area contributed by atoms with Crippen LogP contribution in [0, 0.1) is 11.6 Å². The molecule has 4 N–H and O–H groups in total. The second-order valence-corrected chi connectivity index (χ2v) is 5.01. The number of nitrogens with one attached hydrogen (secondary N) is 2. The van der Waals surface area contributed by atoms with E-state index in [4.69, 9.17) is 5.73 Å². The topological polar surface area (TPSA) is 63.0 Å². The maximum absolute atomic E-state index is 13.9. The Labute approximate surface area is 122 Å². The van der Waals surface area contributed by atoms with Gasteiger partial charge in [0, 0.05) is 30.2 Å². The molecule has 1 aromatic heterocycles. The van der Waals surface area contributed by atoms with Crippen molar-refractivity contribution in [1.29, 1.82) is 0 Å². The third kappa shape index (κ3) is 3.04. The van der Waals surface area contributed by atoms with Crippen LogP contribution in [0.2, 0.25) is 0 Å². The largest absolute Gasteiger partial charge is 0.399 e. The standard InChI is InChI=1S/C15H18F2N4/c1-8(2)13-12(4-5-20-15(13)19-3)21-14-10(16)6-9(18)7-11(14)17/h4-8H,18H2,1-3H3,(H2,19,20,21). The van der Waals surface area contributed by atoms with Crippen LogP contribution in [-0.4, -0.2) is 12.0 Å². The number of halogens is 2. The van der Waals surface area contributed by atoms with Crippen molar-refractivity contribution in [2.45, 2.75) is 19.8 Å². The Morgan fingerprint density at radius 2 is 1.81 bits per heavy atom. The lowest BCUT2D eigenvalue weighted by molar-refractivity contribution is 0.592. The normalized spacial score (nSPS) is 10.8. The van der Waals surface area contributed by atoms with Gasteiger partial charge in [0.1, 0.15) is 11.5 Å². The van der Waals surface area contributed by atoms with Crippen molar-refractivity contribution in [2.24, 2.45) is 0 Å². The minimum absolute atomic E-state index is 0.0466. The molecule has 0 radical (unpaired) electrons. The highest BCUT2D eigenvalue weighted by molar-refractivity contribution is 5.70. The van der Waals surface area contributed by atoms with Crippen molar-refractivity contribution in [3.05, 3.63) is 41.6 Å². The first-order valence-electron chi connectivity index (χ1n) is 6.62. The quantitative estimate of drug-likeness (QED) is 0.749. The Morgan fingerprint density at radius 3 is 2.33 bits per heavy atom. The Kier molecular flexibility index (Phi) is 4.26. The molecule has 2 rings (SSSR count). The first kappa shape index (κ1) is 15.0. The molecule has 0 saturated heterocycles. The van der Waals surface area contributed by atoms with Crippen molar-refractivity contribution >= 4 is 22.9 Å². The molecule has 1 heterocycles. The van der Waals surface area contributed by atoms with E-state index in [1.165, 1.54) is 0 Å². The molecule has 0 aliphatic rings. The van der Waals surface area contributed by atoms with Gasteiger partial charge in [-0.05, 0) is 24.1 Å². The summed E-state index contributed by atoms with van der Waals surface area (Å²) < 4.78 is 27.8. The van der Waals surface area contributed by atoms with E-state index in [9.17, 15) is 8.78 Å². The third-order valence-electron chi connectivity index (χ3n) is 3.13. The maximum atomic E-state index is 13.9. The highest BCUT2D eigenvalue weighted by Gasteiger charge is 2.16. The summed E-state index contributed by atoms with van der Waals surface area (Å²) in [5, 5.41) is 5.79. The van der Waals surface area contributed by atoms with E-state index >= 15 is 0 Å². The zero-order valence-electron chi connectivity index (χ0n) is 12.2. The van der Waals surface area contributed by atoms with E-state index in [0.717, 1.165) is 17.7 Å². The van der Waals surface area contributed by atoms with Crippen molar-refractivity contribution < 1.29 is 8.78 Å². The molecule has 0 aliphatic carbocycles. The molecular weight excluding hydrogens is 274 g/mol. The molecule has 21 heavy (non-hydrogen) atoms. The second kappa shape index (κ2) is 5.95. The lowest BCUT2D eigenvalue weighted by Crippen LogP contribution is -2.06. The fourth-order valence-electron chi connectivity index (χ4n) is 2.21. The average Bonchev–Trinajstić information content (AvgIpc) is 2.42. The molecule has 0 spiro atoms. The SMILES string of the molecule is CNc1nccc(Nc2c(F)cc(N)cc2F)c1C(C)C. The zero-order chi connectivity index (χ0) is 15.6. The number of aromatic nitrogens is 1. The van der Waals surface area contributed by atoms with Crippen molar-refractivity contribution in [1.82, 2.24) is 4.98 Å². The average molecular weight is 292 g/mol. The van der Waals surface area contributed by atoms with Crippen LogP contribution in [0.4, 0.5) is 31.7 Å². The Morgan fingerprint density at radius 1 is 1.19 bits per heavy atom. The highest BCUT2D eigenvalue weighted by Crippen LogP contribution is 2.33. The summed E-state index contributed by atoms with van der Waals surface area (Å²) in [6.45, 7) is 3.97. The number of anilines is 4. The molecule has 0 aliphatic heterocycles. The Bertz CT molecular complexity index is 633. The smallest absolute Gasteiger partial charge is 0.151 e. The summed E-state index contributed by atoms with van der Waals surface area (Å²) in [5.41, 5.74) is 6.70. The van der Waals surface area contributed by atoms with Gasteiger partial charge >= 0.3 is 0 Å². The van der Waals surface area contributed by atoms with E-state index in [1.807, 2.05) is 13.8 Å². The van der Waals surface area contributed by atoms with Crippen LogP contribution < -0.4 is 16.4 Å². The van der Waals surface area contributed by atoms with E-state index in [-0.39, 0.29) is 17.3 Å². The summed E-state index contributed by atoms with van der Waals surface area (Å²) >= 11 is 0. The Hall–Kier alpha value is -2.37. The number of nitrogen functional groups attached to an aromatic ring is 1. The van der Waals surface area contributed by atoms with Crippen LogP contribution in [-0.2, 0) is 0 Å². The van der Waals surface area contributed by atoms with E-state index < -0.39 is 11.6 Å². The van der Waals surface area contributed by atoms with Crippen LogP contribution in [0.15, 0.2) is 24.4 Å². The summed E-state index contributed by atoms with van der Waals surface area (Å²) in [6, 6.07) is 3.85. The number of hydrogen-bond acceptors (Lipinski definition) is 4. The van der Waals surface area contributed by atoms with Gasteiger partial charge in [0.2, 0.25) is 0 Å². The fourth-order valence-corrected chi connectivity index (χ4v) is 2.21. The minimum Gasteiger partial charge on any atom is -0.399 e. The molecule has 0 bridgehead atoms. The summed E-state index contributed by atoms with van der Waals surface area (Å²) in [4.78, 5) is 4.22. The van der Waals surface area contributed by atoms with Crippen LogP contribution >= 0.6 is 0 Å². The lowest BCUT2D eigenvalue weighted by Gasteiger charge is -2.18. The predicted molar refractivity (Wildman–Crippen MR) is 81.9 cm³/mol.